The zero-order valence-electron chi connectivity index (χ0n) is 9.17. The maximum Gasteiger partial charge on any atom is 0.323 e. The molecule has 0 aliphatic rings. The summed E-state index contributed by atoms with van der Waals surface area (Å²) < 4.78 is 0.679. The average Bonchev–Trinajstić information content (AvgIpc) is 2.27. The normalized spacial score (nSPS) is 9.83. The summed E-state index contributed by atoms with van der Waals surface area (Å²) >= 11 is 3.16. The first kappa shape index (κ1) is 14.1. The van der Waals surface area contributed by atoms with Crippen LogP contribution in [0.1, 0.15) is 10.5 Å². The van der Waals surface area contributed by atoms with Crippen LogP contribution in [-0.4, -0.2) is 45.9 Å². The van der Waals surface area contributed by atoms with Gasteiger partial charge in [-0.25, -0.2) is 4.98 Å². The number of nitrogens with zero attached hydrogens (tertiary/aromatic N) is 2. The SMILES string of the molecule is NC(=O)CN(CC(=O)O)C(=O)c1ccc(Br)cn1. The van der Waals surface area contributed by atoms with Crippen molar-refractivity contribution in [3.05, 3.63) is 28.5 Å². The van der Waals surface area contributed by atoms with Crippen LogP contribution in [0.2, 0.25) is 0 Å². The summed E-state index contributed by atoms with van der Waals surface area (Å²) in [6, 6.07) is 3.01. The monoisotopic (exact) mass is 315 g/mol. The topological polar surface area (TPSA) is 114 Å². The molecule has 0 aliphatic heterocycles. The predicted molar refractivity (Wildman–Crippen MR) is 64.7 cm³/mol. The Morgan fingerprint density at radius 1 is 1.33 bits per heavy atom. The van der Waals surface area contributed by atoms with Gasteiger partial charge in [0.1, 0.15) is 18.8 Å². The van der Waals surface area contributed by atoms with Gasteiger partial charge in [-0.3, -0.25) is 14.4 Å². The van der Waals surface area contributed by atoms with Gasteiger partial charge < -0.3 is 15.7 Å². The smallest absolute Gasteiger partial charge is 0.323 e. The van der Waals surface area contributed by atoms with Gasteiger partial charge in [-0.2, -0.15) is 0 Å². The van der Waals surface area contributed by atoms with Crippen LogP contribution < -0.4 is 5.73 Å². The largest absolute Gasteiger partial charge is 0.480 e. The Labute approximate surface area is 111 Å². The highest BCUT2D eigenvalue weighted by Gasteiger charge is 2.21. The molecule has 0 unspecified atom stereocenters. The molecule has 96 valence electrons. The summed E-state index contributed by atoms with van der Waals surface area (Å²) in [5, 5.41) is 8.66. The molecule has 1 rings (SSSR count). The van der Waals surface area contributed by atoms with Crippen LogP contribution in [0.4, 0.5) is 0 Å². The van der Waals surface area contributed by atoms with Crippen LogP contribution in [0.5, 0.6) is 0 Å². The van der Waals surface area contributed by atoms with E-state index in [0.717, 1.165) is 4.90 Å². The first-order valence-corrected chi connectivity index (χ1v) is 5.60. The van der Waals surface area contributed by atoms with Crippen molar-refractivity contribution in [3.8, 4) is 0 Å². The van der Waals surface area contributed by atoms with Crippen molar-refractivity contribution in [1.82, 2.24) is 9.88 Å². The summed E-state index contributed by atoms with van der Waals surface area (Å²) in [6.07, 6.45) is 1.40. The number of aliphatic carboxylic acids is 1. The Bertz CT molecular complexity index is 459. The molecule has 8 heteroatoms. The number of carbonyl (C=O) groups is 3. The molecule has 1 aromatic heterocycles. The van der Waals surface area contributed by atoms with Crippen LogP contribution in [-0.2, 0) is 9.59 Å². The van der Waals surface area contributed by atoms with Crippen LogP contribution >= 0.6 is 15.9 Å². The molecule has 0 aliphatic carbocycles. The third-order valence-corrected chi connectivity index (χ3v) is 2.38. The second-order valence-electron chi connectivity index (χ2n) is 3.38. The average molecular weight is 316 g/mol. The molecule has 0 saturated heterocycles. The lowest BCUT2D eigenvalue weighted by Crippen LogP contribution is -2.41. The first-order valence-electron chi connectivity index (χ1n) is 4.81. The number of carbonyl (C=O) groups excluding carboxylic acids is 2. The molecule has 0 radical (unpaired) electrons. The number of rotatable bonds is 5. The maximum absolute atomic E-state index is 11.9. The van der Waals surface area contributed by atoms with Crippen molar-refractivity contribution in [2.75, 3.05) is 13.1 Å². The zero-order chi connectivity index (χ0) is 13.7. The third-order valence-electron chi connectivity index (χ3n) is 1.91. The molecule has 1 heterocycles. The highest BCUT2D eigenvalue weighted by atomic mass is 79.9. The number of hydrogen-bond donors (Lipinski definition) is 2. The number of pyridine rings is 1. The molecule has 0 spiro atoms. The van der Waals surface area contributed by atoms with E-state index < -0.39 is 30.9 Å². The number of carboxylic acids is 1. The number of nitrogens with two attached hydrogens (primary N) is 1. The minimum absolute atomic E-state index is 0.0423. The van der Waals surface area contributed by atoms with Gasteiger partial charge in [0.25, 0.3) is 5.91 Å². The number of carboxylic acid groups (broad SMARTS) is 1. The number of amides is 2. The minimum atomic E-state index is -1.23. The van der Waals surface area contributed by atoms with E-state index in [2.05, 4.69) is 20.9 Å². The fourth-order valence-electron chi connectivity index (χ4n) is 1.22. The molecule has 0 atom stereocenters. The molecule has 2 amide bonds. The van der Waals surface area contributed by atoms with E-state index in [1.807, 2.05) is 0 Å². The predicted octanol–water partition coefficient (Wildman–Crippen LogP) is -0.144. The van der Waals surface area contributed by atoms with Gasteiger partial charge in [-0.1, -0.05) is 0 Å². The standard InChI is InChI=1S/C10H10BrN3O4/c11-6-1-2-7(13-3-6)10(18)14(4-8(12)15)5-9(16)17/h1-3H,4-5H2,(H2,12,15)(H,16,17). The zero-order valence-corrected chi connectivity index (χ0v) is 10.8. The Morgan fingerprint density at radius 2 is 2.00 bits per heavy atom. The Hall–Kier alpha value is -1.96. The minimum Gasteiger partial charge on any atom is -0.480 e. The van der Waals surface area contributed by atoms with Gasteiger partial charge in [0.2, 0.25) is 5.91 Å². The molecular weight excluding hydrogens is 306 g/mol. The van der Waals surface area contributed by atoms with Crippen LogP contribution in [0.15, 0.2) is 22.8 Å². The number of aromatic nitrogens is 1. The summed E-state index contributed by atoms with van der Waals surface area (Å²) in [7, 11) is 0. The Morgan fingerprint density at radius 3 is 2.44 bits per heavy atom. The van der Waals surface area contributed by atoms with Crippen molar-refractivity contribution < 1.29 is 19.5 Å². The van der Waals surface area contributed by atoms with Gasteiger partial charge in [0.15, 0.2) is 0 Å². The molecule has 3 N–H and O–H groups in total. The molecule has 0 saturated carbocycles. The van der Waals surface area contributed by atoms with Crippen molar-refractivity contribution in [3.63, 3.8) is 0 Å². The molecule has 18 heavy (non-hydrogen) atoms. The van der Waals surface area contributed by atoms with Gasteiger partial charge in [-0.05, 0) is 28.1 Å². The lowest BCUT2D eigenvalue weighted by Gasteiger charge is -2.18. The molecule has 0 aromatic carbocycles. The van der Waals surface area contributed by atoms with E-state index >= 15 is 0 Å². The summed E-state index contributed by atoms with van der Waals surface area (Å²) in [4.78, 5) is 38.0. The number of halogens is 1. The molecule has 0 bridgehead atoms. The van der Waals surface area contributed by atoms with E-state index in [4.69, 9.17) is 10.8 Å². The summed E-state index contributed by atoms with van der Waals surface area (Å²) in [5.41, 5.74) is 5.00. The van der Waals surface area contributed by atoms with E-state index in [-0.39, 0.29) is 5.69 Å². The molecular formula is C10H10BrN3O4. The third kappa shape index (κ3) is 4.13. The molecule has 7 nitrogen and oxygen atoms in total. The fourth-order valence-corrected chi connectivity index (χ4v) is 1.45. The molecule has 0 fully saturated rings. The van der Waals surface area contributed by atoms with E-state index in [1.165, 1.54) is 12.3 Å². The van der Waals surface area contributed by atoms with E-state index in [9.17, 15) is 14.4 Å². The van der Waals surface area contributed by atoms with Gasteiger partial charge in [-0.15, -0.1) is 0 Å². The van der Waals surface area contributed by atoms with E-state index in [0.29, 0.717) is 4.47 Å². The summed E-state index contributed by atoms with van der Waals surface area (Å²) in [5.74, 6) is -2.69. The van der Waals surface area contributed by atoms with Crippen molar-refractivity contribution >= 4 is 33.7 Å². The second kappa shape index (κ2) is 6.10. The van der Waals surface area contributed by atoms with Gasteiger partial charge in [0.05, 0.1) is 0 Å². The van der Waals surface area contributed by atoms with Gasteiger partial charge in [0, 0.05) is 10.7 Å². The van der Waals surface area contributed by atoms with Crippen molar-refractivity contribution in [2.45, 2.75) is 0 Å². The Kier molecular flexibility index (Phi) is 4.78. The van der Waals surface area contributed by atoms with E-state index in [1.54, 1.807) is 6.07 Å². The van der Waals surface area contributed by atoms with Crippen LogP contribution in [0.3, 0.4) is 0 Å². The molecule has 1 aromatic rings. The second-order valence-corrected chi connectivity index (χ2v) is 4.30. The quantitative estimate of drug-likeness (QED) is 0.784. The highest BCUT2D eigenvalue weighted by Crippen LogP contribution is 2.09. The fraction of sp³-hybridized carbons (Fsp3) is 0.200. The van der Waals surface area contributed by atoms with Crippen molar-refractivity contribution in [2.24, 2.45) is 5.73 Å². The van der Waals surface area contributed by atoms with Crippen LogP contribution in [0, 0.1) is 0 Å². The number of primary amides is 1. The highest BCUT2D eigenvalue weighted by molar-refractivity contribution is 9.10. The lowest BCUT2D eigenvalue weighted by molar-refractivity contribution is -0.138. The maximum atomic E-state index is 11.9. The van der Waals surface area contributed by atoms with Gasteiger partial charge >= 0.3 is 5.97 Å². The Balaban J connectivity index is 2.90. The summed E-state index contributed by atoms with van der Waals surface area (Å²) in [6.45, 7) is -1.08. The van der Waals surface area contributed by atoms with Crippen LogP contribution in [0.25, 0.3) is 0 Å². The first-order chi connectivity index (χ1) is 8.40. The lowest BCUT2D eigenvalue weighted by atomic mass is 10.3. The number of hydrogen-bond acceptors (Lipinski definition) is 4. The van der Waals surface area contributed by atoms with Crippen molar-refractivity contribution in [1.29, 1.82) is 0 Å².